The molecule has 1 amide bonds. The first kappa shape index (κ1) is 20.6. The molecule has 4 heterocycles. The van der Waals surface area contributed by atoms with E-state index in [1.165, 1.54) is 5.01 Å². The second-order valence-corrected chi connectivity index (χ2v) is 8.44. The molecule has 1 atom stereocenters. The van der Waals surface area contributed by atoms with Crippen molar-refractivity contribution in [2.75, 3.05) is 5.75 Å². The molecule has 0 aliphatic carbocycles. The third kappa shape index (κ3) is 4.09. The van der Waals surface area contributed by atoms with E-state index in [1.54, 1.807) is 36.8 Å². The van der Waals surface area contributed by atoms with Crippen LogP contribution in [0.2, 0.25) is 5.02 Å². The Hall–Kier alpha value is -3.30. The molecular formula is C22H17ClN4O4S. The van der Waals surface area contributed by atoms with Crippen molar-refractivity contribution in [1.29, 1.82) is 0 Å². The highest BCUT2D eigenvalue weighted by atomic mass is 35.5. The number of furan rings is 2. The molecule has 1 aliphatic heterocycles. The van der Waals surface area contributed by atoms with Crippen LogP contribution in [-0.4, -0.2) is 32.6 Å². The first-order valence-corrected chi connectivity index (χ1v) is 11.1. The molecule has 32 heavy (non-hydrogen) atoms. The van der Waals surface area contributed by atoms with Crippen LogP contribution >= 0.6 is 23.4 Å². The van der Waals surface area contributed by atoms with Gasteiger partial charge in [-0.2, -0.15) is 5.10 Å². The van der Waals surface area contributed by atoms with E-state index in [2.05, 4.69) is 15.3 Å². The highest BCUT2D eigenvalue weighted by Crippen LogP contribution is 2.34. The maximum absolute atomic E-state index is 13.1. The highest BCUT2D eigenvalue weighted by Gasteiger charge is 2.35. The average molecular weight is 469 g/mol. The van der Waals surface area contributed by atoms with Gasteiger partial charge in [-0.25, -0.2) is 5.01 Å². The van der Waals surface area contributed by atoms with Gasteiger partial charge in [0.1, 0.15) is 17.6 Å². The summed E-state index contributed by atoms with van der Waals surface area (Å²) in [5, 5.41) is 15.1. The van der Waals surface area contributed by atoms with E-state index in [1.807, 2.05) is 25.1 Å². The number of hydrogen-bond donors (Lipinski definition) is 0. The number of thioether (sulfide) groups is 1. The zero-order chi connectivity index (χ0) is 22.1. The van der Waals surface area contributed by atoms with Gasteiger partial charge in [-0.3, -0.25) is 4.79 Å². The van der Waals surface area contributed by atoms with E-state index in [0.29, 0.717) is 34.1 Å². The van der Waals surface area contributed by atoms with Crippen LogP contribution in [0.5, 0.6) is 0 Å². The molecule has 0 fully saturated rings. The van der Waals surface area contributed by atoms with Crippen LogP contribution in [0.15, 0.2) is 78.6 Å². The first-order valence-electron chi connectivity index (χ1n) is 9.78. The van der Waals surface area contributed by atoms with Gasteiger partial charge in [-0.1, -0.05) is 35.5 Å². The second-order valence-electron chi connectivity index (χ2n) is 7.08. The lowest BCUT2D eigenvalue weighted by Crippen LogP contribution is -2.28. The van der Waals surface area contributed by atoms with Crippen molar-refractivity contribution in [2.45, 2.75) is 24.6 Å². The number of hydrazone groups is 1. The minimum atomic E-state index is -0.324. The summed E-state index contributed by atoms with van der Waals surface area (Å²) in [4.78, 5) is 13.1. The molecule has 0 saturated heterocycles. The van der Waals surface area contributed by atoms with Crippen LogP contribution in [0.3, 0.4) is 0 Å². The number of aromatic nitrogens is 2. The molecule has 1 aliphatic rings. The average Bonchev–Trinajstić information content (AvgIpc) is 3.59. The Balaban J connectivity index is 1.33. The minimum Gasteiger partial charge on any atom is -0.469 e. The maximum atomic E-state index is 13.1. The van der Waals surface area contributed by atoms with Crippen molar-refractivity contribution in [1.82, 2.24) is 15.2 Å². The van der Waals surface area contributed by atoms with Gasteiger partial charge in [0, 0.05) is 11.4 Å². The second kappa shape index (κ2) is 8.68. The van der Waals surface area contributed by atoms with Gasteiger partial charge < -0.3 is 13.3 Å². The summed E-state index contributed by atoms with van der Waals surface area (Å²) in [5.74, 6) is 1.60. The molecule has 10 heteroatoms. The van der Waals surface area contributed by atoms with E-state index in [4.69, 9.17) is 24.9 Å². The lowest BCUT2D eigenvalue weighted by Gasteiger charge is -2.19. The molecule has 5 rings (SSSR count). The highest BCUT2D eigenvalue weighted by molar-refractivity contribution is 7.99. The van der Waals surface area contributed by atoms with Crippen LogP contribution < -0.4 is 0 Å². The number of hydrogen-bond acceptors (Lipinski definition) is 8. The van der Waals surface area contributed by atoms with Crippen molar-refractivity contribution >= 4 is 35.0 Å². The molecule has 0 radical (unpaired) electrons. The molecule has 0 unspecified atom stereocenters. The lowest BCUT2D eigenvalue weighted by atomic mass is 10.0. The number of halogens is 1. The van der Waals surface area contributed by atoms with Gasteiger partial charge in [0.2, 0.25) is 0 Å². The molecule has 0 saturated carbocycles. The Morgan fingerprint density at radius 1 is 1.16 bits per heavy atom. The van der Waals surface area contributed by atoms with Gasteiger partial charge in [-0.15, -0.1) is 10.2 Å². The van der Waals surface area contributed by atoms with E-state index < -0.39 is 0 Å². The normalized spacial score (nSPS) is 15.9. The Morgan fingerprint density at radius 3 is 2.72 bits per heavy atom. The van der Waals surface area contributed by atoms with E-state index in [-0.39, 0.29) is 17.7 Å². The number of carbonyl (C=O) groups excluding carboxylic acids is 1. The van der Waals surface area contributed by atoms with Crippen molar-refractivity contribution < 1.29 is 18.0 Å². The third-order valence-corrected chi connectivity index (χ3v) is 6.08. The predicted molar refractivity (Wildman–Crippen MR) is 118 cm³/mol. The summed E-state index contributed by atoms with van der Waals surface area (Å²) in [6.45, 7) is 1.81. The number of rotatable bonds is 6. The number of aryl methyl sites for hydroxylation is 1. The van der Waals surface area contributed by atoms with Gasteiger partial charge >= 0.3 is 0 Å². The topological polar surface area (TPSA) is 97.9 Å². The van der Waals surface area contributed by atoms with Crippen LogP contribution in [-0.2, 0) is 4.79 Å². The third-order valence-electron chi connectivity index (χ3n) is 5.03. The van der Waals surface area contributed by atoms with Gasteiger partial charge in [0.05, 0.1) is 29.6 Å². The van der Waals surface area contributed by atoms with Crippen LogP contribution in [0.1, 0.15) is 29.5 Å². The Kier molecular flexibility index (Phi) is 5.59. The number of nitrogens with zero attached hydrogens (tertiary/aromatic N) is 4. The smallest absolute Gasteiger partial charge is 0.277 e. The zero-order valence-corrected chi connectivity index (χ0v) is 18.5. The minimum absolute atomic E-state index is 0.0839. The fraction of sp³-hybridized carbons (Fsp3) is 0.182. The number of benzene rings is 1. The SMILES string of the molecule is Cc1occc1-c1nnc(SCC(=O)N2N=C(c3ccc(Cl)cc3)C[C@@H]2c2ccco2)o1. The summed E-state index contributed by atoms with van der Waals surface area (Å²) in [5.41, 5.74) is 2.42. The van der Waals surface area contributed by atoms with Gasteiger partial charge in [-0.05, 0) is 42.8 Å². The summed E-state index contributed by atoms with van der Waals surface area (Å²) in [6.07, 6.45) is 3.69. The number of amides is 1. The quantitative estimate of drug-likeness (QED) is 0.351. The van der Waals surface area contributed by atoms with Crippen molar-refractivity contribution in [3.05, 3.63) is 77.1 Å². The first-order chi connectivity index (χ1) is 15.6. The molecule has 1 aromatic carbocycles. The zero-order valence-electron chi connectivity index (χ0n) is 16.9. The van der Waals surface area contributed by atoms with Crippen molar-refractivity contribution in [3.63, 3.8) is 0 Å². The fourth-order valence-electron chi connectivity index (χ4n) is 3.43. The number of carbonyl (C=O) groups is 1. The summed E-state index contributed by atoms with van der Waals surface area (Å²) < 4.78 is 16.5. The molecule has 0 spiro atoms. The van der Waals surface area contributed by atoms with Crippen molar-refractivity contribution in [3.8, 4) is 11.5 Å². The van der Waals surface area contributed by atoms with E-state index >= 15 is 0 Å². The van der Waals surface area contributed by atoms with Crippen molar-refractivity contribution in [2.24, 2.45) is 5.10 Å². The molecule has 0 N–H and O–H groups in total. The Bertz CT molecular complexity index is 1260. The molecule has 4 aromatic rings. The molecule has 0 bridgehead atoms. The monoisotopic (exact) mass is 468 g/mol. The molecule has 162 valence electrons. The molecule has 8 nitrogen and oxygen atoms in total. The Labute approximate surface area is 192 Å². The maximum Gasteiger partial charge on any atom is 0.277 e. The lowest BCUT2D eigenvalue weighted by molar-refractivity contribution is -0.130. The fourth-order valence-corrected chi connectivity index (χ4v) is 4.17. The Morgan fingerprint density at radius 2 is 2.00 bits per heavy atom. The summed E-state index contributed by atoms with van der Waals surface area (Å²) in [7, 11) is 0. The summed E-state index contributed by atoms with van der Waals surface area (Å²) in [6, 6.07) is 12.5. The predicted octanol–water partition coefficient (Wildman–Crippen LogP) is 5.35. The van der Waals surface area contributed by atoms with Crippen LogP contribution in [0.4, 0.5) is 0 Å². The summed E-state index contributed by atoms with van der Waals surface area (Å²) >= 11 is 7.16. The van der Waals surface area contributed by atoms with Crippen LogP contribution in [0.25, 0.3) is 11.5 Å². The molecular weight excluding hydrogens is 452 g/mol. The standard InChI is InChI=1S/C22H17ClN4O4S/c1-13-16(8-10-29-13)21-24-25-22(31-21)32-12-20(28)27-18(19-3-2-9-30-19)11-17(26-27)14-4-6-15(23)7-5-14/h2-10,18H,11-12H2,1H3/t18-/m1/s1. The van der Waals surface area contributed by atoms with E-state index in [0.717, 1.165) is 28.6 Å². The largest absolute Gasteiger partial charge is 0.469 e. The van der Waals surface area contributed by atoms with E-state index in [9.17, 15) is 4.79 Å². The van der Waals surface area contributed by atoms with Gasteiger partial charge in [0.25, 0.3) is 17.0 Å². The van der Waals surface area contributed by atoms with Crippen LogP contribution in [0, 0.1) is 6.92 Å². The van der Waals surface area contributed by atoms with Gasteiger partial charge in [0.15, 0.2) is 0 Å². The molecule has 3 aromatic heterocycles.